The van der Waals surface area contributed by atoms with Gasteiger partial charge in [-0.15, -0.1) is 0 Å². The van der Waals surface area contributed by atoms with Crippen molar-refractivity contribution in [3.05, 3.63) is 58.4 Å². The number of halogens is 1. The zero-order valence-electron chi connectivity index (χ0n) is 13.8. The highest BCUT2D eigenvalue weighted by molar-refractivity contribution is 6.32. The minimum absolute atomic E-state index is 0.280. The Kier molecular flexibility index (Phi) is 6.34. The smallest absolute Gasteiger partial charge is 0.267 e. The lowest BCUT2D eigenvalue weighted by Crippen LogP contribution is -2.19. The van der Waals surface area contributed by atoms with E-state index < -0.39 is 5.91 Å². The molecule has 3 rings (SSSR count). The summed E-state index contributed by atoms with van der Waals surface area (Å²) in [6.45, 7) is 1.75. The van der Waals surface area contributed by atoms with Gasteiger partial charge in [-0.25, -0.2) is 0 Å². The second-order valence-corrected chi connectivity index (χ2v) is 5.96. The van der Waals surface area contributed by atoms with Crippen LogP contribution in [0.3, 0.4) is 0 Å². The van der Waals surface area contributed by atoms with Crippen LogP contribution in [0.4, 0.5) is 5.69 Å². The second-order valence-electron chi connectivity index (χ2n) is 5.55. The Morgan fingerprint density at radius 1 is 1.40 bits per heavy atom. The monoisotopic (exact) mass is 358 g/mol. The van der Waals surface area contributed by atoms with Crippen molar-refractivity contribution in [3.8, 4) is 6.07 Å². The highest BCUT2D eigenvalue weighted by atomic mass is 35.5. The molecule has 1 fully saturated rings. The maximum Gasteiger partial charge on any atom is 0.267 e. The van der Waals surface area contributed by atoms with E-state index >= 15 is 0 Å². The molecule has 6 nitrogen and oxygen atoms in total. The van der Waals surface area contributed by atoms with Crippen LogP contribution in [0.25, 0.3) is 0 Å². The van der Waals surface area contributed by atoms with Crippen molar-refractivity contribution in [1.82, 2.24) is 4.98 Å². The Hall–Kier alpha value is -2.62. The summed E-state index contributed by atoms with van der Waals surface area (Å²) in [6.07, 6.45) is 2.72. The molecule has 0 aliphatic carbocycles. The number of aliphatic hydroxyl groups is 1. The van der Waals surface area contributed by atoms with Crippen molar-refractivity contribution < 1.29 is 9.90 Å². The van der Waals surface area contributed by atoms with Gasteiger partial charge < -0.3 is 15.7 Å². The minimum atomic E-state index is -0.517. The second kappa shape index (κ2) is 8.47. The third-order valence-corrected chi connectivity index (χ3v) is 4.45. The first-order valence-electron chi connectivity index (χ1n) is 7.73. The molecule has 1 amide bonds. The molecule has 1 aromatic carbocycles. The number of hydrogen-bond donors (Lipinski definition) is 2. The van der Waals surface area contributed by atoms with Crippen molar-refractivity contribution in [1.29, 1.82) is 5.26 Å². The van der Waals surface area contributed by atoms with Gasteiger partial charge in [0.05, 0.1) is 10.6 Å². The van der Waals surface area contributed by atoms with Crippen molar-refractivity contribution in [2.24, 2.45) is 5.73 Å². The van der Waals surface area contributed by atoms with E-state index in [0.717, 1.165) is 37.9 Å². The van der Waals surface area contributed by atoms with Crippen molar-refractivity contribution in [2.45, 2.75) is 12.3 Å². The van der Waals surface area contributed by atoms with Crippen LogP contribution in [-0.2, 0) is 0 Å². The molecule has 2 heterocycles. The lowest BCUT2D eigenvalue weighted by atomic mass is 10.00. The Bertz CT molecular complexity index is 787. The van der Waals surface area contributed by atoms with Crippen LogP contribution in [0.5, 0.6) is 0 Å². The minimum Gasteiger partial charge on any atom is -0.400 e. The number of amides is 1. The number of nitrogens with zero attached hydrogens (tertiary/aromatic N) is 3. The Balaban J connectivity index is 0.00000109. The normalized spacial score (nSPS) is 15.9. The number of carbonyl (C=O) groups is 1. The summed E-state index contributed by atoms with van der Waals surface area (Å²) in [7, 11) is 1.00. The van der Waals surface area contributed by atoms with E-state index in [-0.39, 0.29) is 5.69 Å². The number of aromatic nitrogens is 1. The zero-order chi connectivity index (χ0) is 18.4. The van der Waals surface area contributed by atoms with Crippen LogP contribution in [0.15, 0.2) is 36.5 Å². The molecule has 1 saturated heterocycles. The zero-order valence-corrected chi connectivity index (χ0v) is 14.6. The van der Waals surface area contributed by atoms with Crippen molar-refractivity contribution in [3.63, 3.8) is 0 Å². The third-order valence-electron chi connectivity index (χ3n) is 4.14. The fraction of sp³-hybridized carbons (Fsp3) is 0.278. The maximum absolute atomic E-state index is 11.1. The molecule has 1 aliphatic rings. The molecule has 7 heteroatoms. The number of primary amides is 1. The summed E-state index contributed by atoms with van der Waals surface area (Å²) >= 11 is 6.11. The van der Waals surface area contributed by atoms with Crippen LogP contribution in [-0.4, -0.2) is 36.2 Å². The molecular formula is C18H19ClN4O2. The topological polar surface area (TPSA) is 103 Å². The summed E-state index contributed by atoms with van der Waals surface area (Å²) in [5.41, 5.74) is 8.08. The van der Waals surface area contributed by atoms with Crippen molar-refractivity contribution >= 4 is 23.2 Å². The van der Waals surface area contributed by atoms with Gasteiger partial charge in [0.2, 0.25) is 0 Å². The average Bonchev–Trinajstić information content (AvgIpc) is 3.13. The van der Waals surface area contributed by atoms with Gasteiger partial charge in [0.15, 0.2) is 0 Å². The SMILES string of the molecule is CO.N#Cc1ccc(N2CCC(c3ccc(C(N)=O)nc3)C2)cc1Cl. The molecule has 2 aromatic rings. The Morgan fingerprint density at radius 2 is 2.16 bits per heavy atom. The van der Waals surface area contributed by atoms with Gasteiger partial charge in [0.25, 0.3) is 5.91 Å². The average molecular weight is 359 g/mol. The quantitative estimate of drug-likeness (QED) is 0.876. The first kappa shape index (κ1) is 18.7. The summed E-state index contributed by atoms with van der Waals surface area (Å²) < 4.78 is 0. The number of aliphatic hydroxyl groups excluding tert-OH is 1. The van der Waals surface area contributed by atoms with Gasteiger partial charge in [0, 0.05) is 38.0 Å². The first-order valence-corrected chi connectivity index (χ1v) is 8.11. The molecule has 1 atom stereocenters. The molecule has 1 aromatic heterocycles. The van der Waals surface area contributed by atoms with Gasteiger partial charge in [-0.2, -0.15) is 5.26 Å². The molecule has 1 aliphatic heterocycles. The lowest BCUT2D eigenvalue weighted by Gasteiger charge is -2.19. The molecule has 0 spiro atoms. The molecule has 0 saturated carbocycles. The molecule has 1 unspecified atom stereocenters. The van der Waals surface area contributed by atoms with Crippen LogP contribution < -0.4 is 10.6 Å². The number of nitrogens with two attached hydrogens (primary N) is 1. The largest absolute Gasteiger partial charge is 0.400 e. The van der Waals surface area contributed by atoms with E-state index in [0.29, 0.717) is 16.5 Å². The number of pyridine rings is 1. The van der Waals surface area contributed by atoms with Crippen LogP contribution in [0.2, 0.25) is 5.02 Å². The summed E-state index contributed by atoms with van der Waals surface area (Å²) in [4.78, 5) is 17.4. The van der Waals surface area contributed by atoms with E-state index in [1.165, 1.54) is 0 Å². The van der Waals surface area contributed by atoms with Gasteiger partial charge in [0.1, 0.15) is 11.8 Å². The van der Waals surface area contributed by atoms with E-state index in [4.69, 9.17) is 27.7 Å². The molecule has 25 heavy (non-hydrogen) atoms. The molecule has 0 radical (unpaired) electrons. The number of rotatable bonds is 3. The molecule has 3 N–H and O–H groups in total. The Labute approximate surface area is 151 Å². The predicted octanol–water partition coefficient (Wildman–Crippen LogP) is 2.31. The maximum atomic E-state index is 11.1. The van der Waals surface area contributed by atoms with Crippen molar-refractivity contribution in [2.75, 3.05) is 25.1 Å². The fourth-order valence-electron chi connectivity index (χ4n) is 2.85. The highest BCUT2D eigenvalue weighted by Crippen LogP contribution is 2.32. The van der Waals surface area contributed by atoms with Gasteiger partial charge in [-0.3, -0.25) is 9.78 Å². The number of benzene rings is 1. The van der Waals surface area contributed by atoms with Crippen LogP contribution in [0.1, 0.15) is 34.0 Å². The van der Waals surface area contributed by atoms with E-state index in [1.54, 1.807) is 18.3 Å². The molecule has 0 bridgehead atoms. The number of carbonyl (C=O) groups excluding carboxylic acids is 1. The van der Waals surface area contributed by atoms with E-state index in [1.807, 2.05) is 18.2 Å². The van der Waals surface area contributed by atoms with E-state index in [9.17, 15) is 4.79 Å². The Morgan fingerprint density at radius 3 is 2.72 bits per heavy atom. The molecular weight excluding hydrogens is 340 g/mol. The van der Waals surface area contributed by atoms with Gasteiger partial charge in [-0.05, 0) is 36.2 Å². The predicted molar refractivity (Wildman–Crippen MR) is 96.6 cm³/mol. The highest BCUT2D eigenvalue weighted by Gasteiger charge is 2.25. The van der Waals surface area contributed by atoms with Gasteiger partial charge in [-0.1, -0.05) is 17.7 Å². The van der Waals surface area contributed by atoms with Crippen LogP contribution >= 0.6 is 11.6 Å². The lowest BCUT2D eigenvalue weighted by molar-refractivity contribution is 0.0995. The number of hydrogen-bond acceptors (Lipinski definition) is 5. The number of nitriles is 1. The standard InChI is InChI=1S/C17H15ClN4O.CH4O/c18-15-7-14(3-1-11(15)8-19)22-6-5-13(10-22)12-2-4-16(17(20)23)21-9-12;1-2/h1-4,7,9,13H,5-6,10H2,(H2,20,23);2H,1H3. The summed E-state index contributed by atoms with van der Waals surface area (Å²) in [6, 6.07) is 11.1. The molecule has 130 valence electrons. The van der Waals surface area contributed by atoms with Crippen LogP contribution in [0, 0.1) is 11.3 Å². The first-order chi connectivity index (χ1) is 12.1. The van der Waals surface area contributed by atoms with E-state index in [2.05, 4.69) is 16.0 Å². The third kappa shape index (κ3) is 4.27. The summed E-state index contributed by atoms with van der Waals surface area (Å²) in [5.74, 6) is -0.171. The summed E-state index contributed by atoms with van der Waals surface area (Å²) in [5, 5.41) is 16.4. The fourth-order valence-corrected chi connectivity index (χ4v) is 3.07. The van der Waals surface area contributed by atoms with Gasteiger partial charge >= 0.3 is 0 Å². The number of anilines is 1.